The highest BCUT2D eigenvalue weighted by Gasteiger charge is 2.21. The number of imidazole rings is 1. The molecule has 2 aromatic carbocycles. The zero-order chi connectivity index (χ0) is 22.8. The monoisotopic (exact) mass is 446 g/mol. The minimum Gasteiger partial charge on any atom is -0.493 e. The van der Waals surface area contributed by atoms with Crippen molar-refractivity contribution in [2.45, 2.75) is 58.5 Å². The molecule has 1 fully saturated rings. The average molecular weight is 447 g/mol. The van der Waals surface area contributed by atoms with Gasteiger partial charge in [0.1, 0.15) is 11.6 Å². The molecule has 0 spiro atoms. The topological polar surface area (TPSA) is 59.4 Å². The number of ether oxygens (including phenoxy) is 1. The molecule has 1 amide bonds. The van der Waals surface area contributed by atoms with E-state index < -0.39 is 0 Å². The van der Waals surface area contributed by atoms with E-state index in [1.54, 1.807) is 0 Å². The highest BCUT2D eigenvalue weighted by Crippen LogP contribution is 2.28. The molecule has 3 aromatic rings. The van der Waals surface area contributed by atoms with Crippen LogP contribution in [0, 0.1) is 0 Å². The average Bonchev–Trinajstić information content (AvgIpc) is 3.44. The molecule has 0 bridgehead atoms. The highest BCUT2D eigenvalue weighted by atomic mass is 16.5. The molecule has 1 saturated heterocycles. The standard InChI is InChI=1S/C27H34N4O2/c1-3-30(4-2)27(32)21-9-10-24-23(17-21)29-26(31(24)18-22-7-5-6-13-28-22)16-19-8-11-25-20(15-19)12-14-33-25/h8-11,15,17,22,28H,3-7,12-14,16,18H2,1-2H3. The van der Waals surface area contributed by atoms with Gasteiger partial charge in [-0.05, 0) is 68.6 Å². The molecule has 2 aliphatic rings. The quantitative estimate of drug-likeness (QED) is 0.591. The predicted molar refractivity (Wildman–Crippen MR) is 131 cm³/mol. The minimum absolute atomic E-state index is 0.0746. The number of carbonyl (C=O) groups excluding carboxylic acids is 1. The van der Waals surface area contributed by atoms with Crippen molar-refractivity contribution in [2.75, 3.05) is 26.2 Å². The van der Waals surface area contributed by atoms with Gasteiger partial charge in [-0.15, -0.1) is 0 Å². The van der Waals surface area contributed by atoms with E-state index in [0.29, 0.717) is 24.7 Å². The van der Waals surface area contributed by atoms with Crippen molar-refractivity contribution in [3.63, 3.8) is 0 Å². The third kappa shape index (κ3) is 4.49. The Morgan fingerprint density at radius 1 is 1.18 bits per heavy atom. The van der Waals surface area contributed by atoms with Crippen LogP contribution in [0.1, 0.15) is 60.4 Å². The zero-order valence-corrected chi connectivity index (χ0v) is 19.8. The van der Waals surface area contributed by atoms with Crippen LogP contribution in [0.15, 0.2) is 36.4 Å². The molecule has 5 rings (SSSR count). The maximum Gasteiger partial charge on any atom is 0.253 e. The van der Waals surface area contributed by atoms with Crippen LogP contribution in [-0.2, 0) is 19.4 Å². The second-order valence-corrected chi connectivity index (χ2v) is 9.18. The van der Waals surface area contributed by atoms with E-state index >= 15 is 0 Å². The Labute approximate surface area is 195 Å². The second kappa shape index (κ2) is 9.56. The molecule has 0 saturated carbocycles. The number of nitrogens with one attached hydrogen (secondary N) is 1. The normalized spacial score (nSPS) is 17.7. The predicted octanol–water partition coefficient (Wildman–Crippen LogP) is 4.19. The number of fused-ring (bicyclic) bond motifs is 2. The molecular weight excluding hydrogens is 412 g/mol. The Morgan fingerprint density at radius 3 is 2.85 bits per heavy atom. The maximum atomic E-state index is 12.9. The SMILES string of the molecule is CCN(CC)C(=O)c1ccc2c(c1)nc(Cc1ccc3c(c1)CCO3)n2CC1CCCCN1. The highest BCUT2D eigenvalue weighted by molar-refractivity contribution is 5.97. The third-order valence-electron chi connectivity index (χ3n) is 7.06. The molecule has 33 heavy (non-hydrogen) atoms. The molecule has 0 aliphatic carbocycles. The summed E-state index contributed by atoms with van der Waals surface area (Å²) >= 11 is 0. The summed E-state index contributed by atoms with van der Waals surface area (Å²) in [6.07, 6.45) is 5.46. The molecule has 6 heteroatoms. The van der Waals surface area contributed by atoms with Gasteiger partial charge in [-0.25, -0.2) is 4.98 Å². The van der Waals surface area contributed by atoms with Crippen molar-refractivity contribution in [3.05, 3.63) is 58.9 Å². The van der Waals surface area contributed by atoms with Gasteiger partial charge in [0.15, 0.2) is 0 Å². The molecule has 1 unspecified atom stereocenters. The van der Waals surface area contributed by atoms with E-state index in [1.165, 1.54) is 30.4 Å². The Bertz CT molecular complexity index is 1140. The molecule has 1 N–H and O–H groups in total. The maximum absolute atomic E-state index is 12.9. The zero-order valence-electron chi connectivity index (χ0n) is 19.8. The number of rotatable bonds is 7. The van der Waals surface area contributed by atoms with Gasteiger partial charge in [0, 0.05) is 44.1 Å². The smallest absolute Gasteiger partial charge is 0.253 e. The summed E-state index contributed by atoms with van der Waals surface area (Å²) in [5.74, 6) is 2.15. The van der Waals surface area contributed by atoms with Gasteiger partial charge >= 0.3 is 0 Å². The van der Waals surface area contributed by atoms with Crippen molar-refractivity contribution in [1.82, 2.24) is 19.8 Å². The summed E-state index contributed by atoms with van der Waals surface area (Å²) in [6, 6.07) is 13.0. The van der Waals surface area contributed by atoms with E-state index in [-0.39, 0.29) is 5.91 Å². The van der Waals surface area contributed by atoms with Gasteiger partial charge in [-0.2, -0.15) is 0 Å². The Morgan fingerprint density at radius 2 is 2.06 bits per heavy atom. The van der Waals surface area contributed by atoms with Crippen LogP contribution in [-0.4, -0.2) is 52.6 Å². The van der Waals surface area contributed by atoms with Crippen molar-refractivity contribution < 1.29 is 9.53 Å². The number of amides is 1. The Kier molecular flexibility index (Phi) is 6.36. The second-order valence-electron chi connectivity index (χ2n) is 9.18. The van der Waals surface area contributed by atoms with Crippen LogP contribution in [0.4, 0.5) is 0 Å². The van der Waals surface area contributed by atoms with Crippen molar-refractivity contribution in [3.8, 4) is 5.75 Å². The third-order valence-corrected chi connectivity index (χ3v) is 7.06. The van der Waals surface area contributed by atoms with Gasteiger partial charge in [0.2, 0.25) is 0 Å². The van der Waals surface area contributed by atoms with Gasteiger partial charge in [-0.3, -0.25) is 4.79 Å². The molecule has 1 aromatic heterocycles. The Hall–Kier alpha value is -2.86. The number of benzene rings is 2. The van der Waals surface area contributed by atoms with E-state index in [2.05, 4.69) is 34.1 Å². The number of carbonyl (C=O) groups is 1. The lowest BCUT2D eigenvalue weighted by molar-refractivity contribution is 0.0773. The molecule has 2 aliphatic heterocycles. The largest absolute Gasteiger partial charge is 0.493 e. The lowest BCUT2D eigenvalue weighted by Gasteiger charge is -2.25. The Balaban J connectivity index is 1.50. The van der Waals surface area contributed by atoms with Crippen molar-refractivity contribution >= 4 is 16.9 Å². The van der Waals surface area contributed by atoms with E-state index in [9.17, 15) is 4.79 Å². The van der Waals surface area contributed by atoms with Gasteiger partial charge in [0.25, 0.3) is 5.91 Å². The minimum atomic E-state index is 0.0746. The lowest BCUT2D eigenvalue weighted by Crippen LogP contribution is -2.37. The van der Waals surface area contributed by atoms with Crippen molar-refractivity contribution in [2.24, 2.45) is 0 Å². The molecule has 174 valence electrons. The number of hydrogen-bond donors (Lipinski definition) is 1. The fraction of sp³-hybridized carbons (Fsp3) is 0.481. The van der Waals surface area contributed by atoms with Crippen LogP contribution >= 0.6 is 0 Å². The fourth-order valence-electron chi connectivity index (χ4n) is 5.18. The fourth-order valence-corrected chi connectivity index (χ4v) is 5.18. The molecule has 1 atom stereocenters. The van der Waals surface area contributed by atoms with Crippen molar-refractivity contribution in [1.29, 1.82) is 0 Å². The number of hydrogen-bond acceptors (Lipinski definition) is 4. The molecule has 3 heterocycles. The van der Waals surface area contributed by atoms with Crippen LogP contribution in [0.3, 0.4) is 0 Å². The first-order valence-corrected chi connectivity index (χ1v) is 12.4. The molecular formula is C27H34N4O2. The van der Waals surface area contributed by atoms with E-state index in [1.807, 2.05) is 30.9 Å². The first-order valence-electron chi connectivity index (χ1n) is 12.4. The van der Waals surface area contributed by atoms with Gasteiger partial charge in [-0.1, -0.05) is 18.6 Å². The van der Waals surface area contributed by atoms with E-state index in [4.69, 9.17) is 9.72 Å². The summed E-state index contributed by atoms with van der Waals surface area (Å²) < 4.78 is 8.05. The number of nitrogens with zero attached hydrogens (tertiary/aromatic N) is 3. The molecule has 6 nitrogen and oxygen atoms in total. The number of aromatic nitrogens is 2. The summed E-state index contributed by atoms with van der Waals surface area (Å²) in [5, 5.41) is 3.68. The summed E-state index contributed by atoms with van der Waals surface area (Å²) in [6.45, 7) is 8.22. The van der Waals surface area contributed by atoms with Gasteiger partial charge < -0.3 is 19.5 Å². The summed E-state index contributed by atoms with van der Waals surface area (Å²) in [7, 11) is 0. The van der Waals surface area contributed by atoms with Crippen LogP contribution in [0.25, 0.3) is 11.0 Å². The van der Waals surface area contributed by atoms with Crippen LogP contribution in [0.5, 0.6) is 5.75 Å². The first kappa shape index (κ1) is 22.0. The summed E-state index contributed by atoms with van der Waals surface area (Å²) in [5.41, 5.74) is 5.28. The molecule has 0 radical (unpaired) electrons. The number of piperidine rings is 1. The van der Waals surface area contributed by atoms with E-state index in [0.717, 1.165) is 55.1 Å². The van der Waals surface area contributed by atoms with Crippen LogP contribution in [0.2, 0.25) is 0 Å². The van der Waals surface area contributed by atoms with Crippen LogP contribution < -0.4 is 10.1 Å². The first-order chi connectivity index (χ1) is 16.2. The lowest BCUT2D eigenvalue weighted by atomic mass is 10.0. The van der Waals surface area contributed by atoms with Gasteiger partial charge in [0.05, 0.1) is 17.6 Å². The summed E-state index contributed by atoms with van der Waals surface area (Å²) in [4.78, 5) is 19.8.